The zero-order valence-electron chi connectivity index (χ0n) is 11.9. The van der Waals surface area contributed by atoms with Gasteiger partial charge in [-0.05, 0) is 32.2 Å². The molecule has 2 atom stereocenters. The van der Waals surface area contributed by atoms with E-state index in [1.54, 1.807) is 0 Å². The van der Waals surface area contributed by atoms with Gasteiger partial charge in [0.25, 0.3) is 0 Å². The number of aryl methyl sites for hydroxylation is 2. The van der Waals surface area contributed by atoms with E-state index < -0.39 is 0 Å². The lowest BCUT2D eigenvalue weighted by atomic mass is 10.0. The second kappa shape index (κ2) is 5.85. The van der Waals surface area contributed by atoms with Gasteiger partial charge in [0.15, 0.2) is 0 Å². The molecule has 1 saturated heterocycles. The average Bonchev–Trinajstić information content (AvgIpc) is 2.97. The SMILES string of the molecule is CCc1nn(C)cc1C(CN)N1CCCC1CC. The molecule has 0 aliphatic carbocycles. The van der Waals surface area contributed by atoms with E-state index in [4.69, 9.17) is 5.73 Å². The Kier molecular flexibility index (Phi) is 4.40. The van der Waals surface area contributed by atoms with E-state index in [-0.39, 0.29) is 0 Å². The van der Waals surface area contributed by atoms with Gasteiger partial charge in [0.05, 0.1) is 11.7 Å². The molecule has 0 radical (unpaired) electrons. The number of nitrogens with zero attached hydrogens (tertiary/aromatic N) is 3. The second-order valence-electron chi connectivity index (χ2n) is 5.25. The van der Waals surface area contributed by atoms with Crippen LogP contribution in [-0.2, 0) is 13.5 Å². The van der Waals surface area contributed by atoms with Crippen molar-refractivity contribution in [3.8, 4) is 0 Å². The third-order valence-corrected chi connectivity index (χ3v) is 4.15. The zero-order chi connectivity index (χ0) is 13.1. The lowest BCUT2D eigenvalue weighted by Gasteiger charge is -2.32. The van der Waals surface area contributed by atoms with Crippen LogP contribution in [0.1, 0.15) is 50.4 Å². The lowest BCUT2D eigenvalue weighted by molar-refractivity contribution is 0.179. The van der Waals surface area contributed by atoms with Crippen LogP contribution < -0.4 is 5.73 Å². The minimum absolute atomic E-state index is 0.348. The first-order valence-corrected chi connectivity index (χ1v) is 7.19. The molecule has 0 amide bonds. The first-order chi connectivity index (χ1) is 8.71. The molecule has 0 aromatic carbocycles. The minimum atomic E-state index is 0.348. The van der Waals surface area contributed by atoms with Crippen LogP contribution in [0.4, 0.5) is 0 Å². The molecule has 1 aliphatic rings. The molecule has 0 bridgehead atoms. The fraction of sp³-hybridized carbons (Fsp3) is 0.786. The van der Waals surface area contributed by atoms with Gasteiger partial charge < -0.3 is 5.73 Å². The number of aromatic nitrogens is 2. The van der Waals surface area contributed by atoms with E-state index in [0.29, 0.717) is 18.6 Å². The van der Waals surface area contributed by atoms with Crippen LogP contribution in [0.15, 0.2) is 6.20 Å². The van der Waals surface area contributed by atoms with Crippen molar-refractivity contribution < 1.29 is 0 Å². The highest BCUT2D eigenvalue weighted by Gasteiger charge is 2.31. The Balaban J connectivity index is 2.26. The quantitative estimate of drug-likeness (QED) is 0.867. The Morgan fingerprint density at radius 2 is 2.28 bits per heavy atom. The van der Waals surface area contributed by atoms with Crippen molar-refractivity contribution in [2.24, 2.45) is 12.8 Å². The molecule has 2 rings (SSSR count). The molecule has 2 heterocycles. The van der Waals surface area contributed by atoms with Gasteiger partial charge in [0.1, 0.15) is 0 Å². The van der Waals surface area contributed by atoms with Crippen molar-refractivity contribution in [2.45, 2.75) is 51.6 Å². The van der Waals surface area contributed by atoms with Gasteiger partial charge in [0.2, 0.25) is 0 Å². The molecular formula is C14H26N4. The maximum absolute atomic E-state index is 6.06. The number of rotatable bonds is 5. The molecule has 1 fully saturated rings. The van der Waals surface area contributed by atoms with E-state index in [1.807, 2.05) is 11.7 Å². The zero-order valence-corrected chi connectivity index (χ0v) is 11.9. The maximum atomic E-state index is 6.06. The summed E-state index contributed by atoms with van der Waals surface area (Å²) in [5.41, 5.74) is 8.60. The summed E-state index contributed by atoms with van der Waals surface area (Å²) >= 11 is 0. The summed E-state index contributed by atoms with van der Waals surface area (Å²) in [5.74, 6) is 0. The van der Waals surface area contributed by atoms with Gasteiger partial charge in [-0.25, -0.2) is 0 Å². The summed E-state index contributed by atoms with van der Waals surface area (Å²) in [6.45, 7) is 6.31. The van der Waals surface area contributed by atoms with Crippen molar-refractivity contribution in [1.82, 2.24) is 14.7 Å². The summed E-state index contributed by atoms with van der Waals surface area (Å²) in [7, 11) is 2.00. The van der Waals surface area contributed by atoms with Crippen LogP contribution in [0.5, 0.6) is 0 Å². The van der Waals surface area contributed by atoms with Crippen LogP contribution in [0, 0.1) is 0 Å². The first-order valence-electron chi connectivity index (χ1n) is 7.19. The third-order valence-electron chi connectivity index (χ3n) is 4.15. The number of hydrogen-bond donors (Lipinski definition) is 1. The fourth-order valence-electron chi connectivity index (χ4n) is 3.25. The minimum Gasteiger partial charge on any atom is -0.329 e. The highest BCUT2D eigenvalue weighted by molar-refractivity contribution is 5.22. The fourth-order valence-corrected chi connectivity index (χ4v) is 3.25. The summed E-state index contributed by atoms with van der Waals surface area (Å²) in [5, 5.41) is 4.55. The molecule has 102 valence electrons. The number of likely N-dealkylation sites (tertiary alicyclic amines) is 1. The molecule has 0 saturated carbocycles. The van der Waals surface area contributed by atoms with E-state index in [2.05, 4.69) is 30.0 Å². The van der Waals surface area contributed by atoms with Crippen molar-refractivity contribution in [1.29, 1.82) is 0 Å². The predicted molar refractivity (Wildman–Crippen MR) is 74.4 cm³/mol. The van der Waals surface area contributed by atoms with Crippen LogP contribution in [0.25, 0.3) is 0 Å². The largest absolute Gasteiger partial charge is 0.329 e. The van der Waals surface area contributed by atoms with E-state index in [0.717, 1.165) is 6.42 Å². The normalized spacial score (nSPS) is 22.6. The summed E-state index contributed by atoms with van der Waals surface area (Å²) in [6, 6.07) is 1.05. The van der Waals surface area contributed by atoms with Crippen LogP contribution in [-0.4, -0.2) is 33.8 Å². The molecule has 1 aliphatic heterocycles. The van der Waals surface area contributed by atoms with Crippen LogP contribution >= 0.6 is 0 Å². The van der Waals surface area contributed by atoms with Gasteiger partial charge in [-0.3, -0.25) is 9.58 Å². The molecule has 1 aromatic rings. The molecular weight excluding hydrogens is 224 g/mol. The van der Waals surface area contributed by atoms with E-state index in [1.165, 1.54) is 37.1 Å². The Hall–Kier alpha value is -0.870. The maximum Gasteiger partial charge on any atom is 0.0670 e. The van der Waals surface area contributed by atoms with Gasteiger partial charge in [-0.1, -0.05) is 13.8 Å². The standard InChI is InChI=1S/C14H26N4/c1-4-11-7-6-8-18(11)14(9-15)12-10-17(3)16-13(12)5-2/h10-11,14H,4-9,15H2,1-3H3. The summed E-state index contributed by atoms with van der Waals surface area (Å²) < 4.78 is 1.92. The van der Waals surface area contributed by atoms with Gasteiger partial charge >= 0.3 is 0 Å². The average molecular weight is 250 g/mol. The van der Waals surface area contributed by atoms with Crippen LogP contribution in [0.3, 0.4) is 0 Å². The van der Waals surface area contributed by atoms with Crippen molar-refractivity contribution >= 4 is 0 Å². The first kappa shape index (κ1) is 13.6. The summed E-state index contributed by atoms with van der Waals surface area (Å²) in [4.78, 5) is 2.59. The molecule has 2 N–H and O–H groups in total. The smallest absolute Gasteiger partial charge is 0.0670 e. The monoisotopic (exact) mass is 250 g/mol. The molecule has 4 nitrogen and oxygen atoms in total. The van der Waals surface area contributed by atoms with Crippen molar-refractivity contribution in [3.05, 3.63) is 17.5 Å². The highest BCUT2D eigenvalue weighted by Crippen LogP contribution is 2.31. The topological polar surface area (TPSA) is 47.1 Å². The summed E-state index contributed by atoms with van der Waals surface area (Å²) in [6.07, 6.45) is 6.97. The van der Waals surface area contributed by atoms with Gasteiger partial charge in [-0.15, -0.1) is 0 Å². The second-order valence-corrected chi connectivity index (χ2v) is 5.25. The molecule has 1 aromatic heterocycles. The Morgan fingerprint density at radius 3 is 2.89 bits per heavy atom. The van der Waals surface area contributed by atoms with Crippen molar-refractivity contribution in [2.75, 3.05) is 13.1 Å². The van der Waals surface area contributed by atoms with Crippen molar-refractivity contribution in [3.63, 3.8) is 0 Å². The Morgan fingerprint density at radius 1 is 1.50 bits per heavy atom. The number of nitrogens with two attached hydrogens (primary N) is 1. The Bertz CT molecular complexity index is 385. The third kappa shape index (κ3) is 2.45. The van der Waals surface area contributed by atoms with E-state index in [9.17, 15) is 0 Å². The molecule has 0 spiro atoms. The molecule has 18 heavy (non-hydrogen) atoms. The Labute approximate surface area is 110 Å². The molecule has 4 heteroatoms. The van der Waals surface area contributed by atoms with Crippen LogP contribution in [0.2, 0.25) is 0 Å². The van der Waals surface area contributed by atoms with Gasteiger partial charge in [-0.2, -0.15) is 5.10 Å². The number of hydrogen-bond acceptors (Lipinski definition) is 3. The lowest BCUT2D eigenvalue weighted by Crippen LogP contribution is -2.37. The van der Waals surface area contributed by atoms with Gasteiger partial charge in [0, 0.05) is 31.4 Å². The van der Waals surface area contributed by atoms with E-state index >= 15 is 0 Å². The highest BCUT2D eigenvalue weighted by atomic mass is 15.3. The predicted octanol–water partition coefficient (Wildman–Crippen LogP) is 1.86. The molecule has 2 unspecified atom stereocenters.